The maximum Gasteiger partial charge on any atom is 0.302 e. The second-order valence-corrected chi connectivity index (χ2v) is 11.6. The summed E-state index contributed by atoms with van der Waals surface area (Å²) in [7, 11) is 1.56. The van der Waals surface area contributed by atoms with Gasteiger partial charge in [0, 0.05) is 37.0 Å². The zero-order valence-electron chi connectivity index (χ0n) is 21.0. The van der Waals surface area contributed by atoms with Gasteiger partial charge in [0.1, 0.15) is 13.2 Å². The first-order chi connectivity index (χ1) is 15.5. The van der Waals surface area contributed by atoms with E-state index < -0.39 is 6.04 Å². The highest BCUT2D eigenvalue weighted by Crippen LogP contribution is 2.68. The normalized spacial score (nSPS) is 43.5. The van der Waals surface area contributed by atoms with Crippen LogP contribution in [0.2, 0.25) is 0 Å². The van der Waals surface area contributed by atoms with Crippen molar-refractivity contribution in [3.05, 3.63) is 21.8 Å². The van der Waals surface area contributed by atoms with Gasteiger partial charge in [0.15, 0.2) is 0 Å². The lowest BCUT2D eigenvalue weighted by Gasteiger charge is -2.58. The van der Waals surface area contributed by atoms with Crippen LogP contribution in [0, 0.1) is 50.5 Å². The van der Waals surface area contributed by atoms with Gasteiger partial charge in [-0.25, -0.2) is 0 Å². The van der Waals surface area contributed by atoms with Crippen LogP contribution in [0.15, 0.2) is 16.8 Å². The summed E-state index contributed by atoms with van der Waals surface area (Å²) in [5.74, 6) is 1.41. The van der Waals surface area contributed by atoms with Gasteiger partial charge in [0.05, 0.1) is 5.71 Å². The molecule has 7 heteroatoms. The van der Waals surface area contributed by atoms with Crippen LogP contribution in [0.25, 0.3) is 0 Å². The minimum Gasteiger partial charge on any atom is -0.462 e. The average Bonchev–Trinajstić information content (AvgIpc) is 3.06. The second-order valence-electron chi connectivity index (χ2n) is 11.6. The second kappa shape index (κ2) is 8.70. The van der Waals surface area contributed by atoms with E-state index in [4.69, 9.17) is 9.57 Å². The van der Waals surface area contributed by atoms with Gasteiger partial charge in [-0.3, -0.25) is 14.9 Å². The van der Waals surface area contributed by atoms with Crippen LogP contribution in [-0.2, 0) is 14.4 Å². The van der Waals surface area contributed by atoms with E-state index >= 15 is 0 Å². The minimum atomic E-state index is -0.595. The van der Waals surface area contributed by atoms with Crippen molar-refractivity contribution in [3.8, 4) is 0 Å². The highest BCUT2D eigenvalue weighted by molar-refractivity contribution is 5.85. The van der Waals surface area contributed by atoms with Gasteiger partial charge in [-0.2, -0.15) is 0 Å². The molecule has 9 atom stereocenters. The Morgan fingerprint density at radius 2 is 1.97 bits per heavy atom. The minimum absolute atomic E-state index is 0.00113. The standard InChI is InChI=1S/C26H40N2O5/c1-15(27-32-6)24-21(16(2)28(30)31)14-23-20-8-7-18-13-19(33-17(3)29)9-11-25(18,4)22(20)10-12-26(23,24)5/h7,16,19-24H,8-14H2,1-6H3/b27-15+/t16-,19-,20-,21+,22+,23+,24+,25+,26+/m1/s1. The summed E-state index contributed by atoms with van der Waals surface area (Å²) in [6, 6.07) is -0.595. The number of nitrogens with zero attached hydrogens (tertiary/aromatic N) is 2. The number of rotatable bonds is 5. The van der Waals surface area contributed by atoms with E-state index in [0.717, 1.165) is 50.7 Å². The molecule has 0 aromatic rings. The molecule has 4 aliphatic carbocycles. The summed E-state index contributed by atoms with van der Waals surface area (Å²) in [6.07, 6.45) is 9.36. The third-order valence-electron chi connectivity index (χ3n) is 10.1. The van der Waals surface area contributed by atoms with Crippen molar-refractivity contribution in [2.45, 2.75) is 91.7 Å². The third-order valence-corrected chi connectivity index (χ3v) is 10.1. The Kier molecular flexibility index (Phi) is 6.38. The summed E-state index contributed by atoms with van der Waals surface area (Å²) in [5.41, 5.74) is 2.50. The van der Waals surface area contributed by atoms with Crippen LogP contribution in [0.1, 0.15) is 79.6 Å². The number of oxime groups is 1. The molecule has 3 saturated carbocycles. The predicted molar refractivity (Wildman–Crippen MR) is 126 cm³/mol. The average molecular weight is 461 g/mol. The smallest absolute Gasteiger partial charge is 0.302 e. The molecule has 4 aliphatic rings. The molecule has 0 aliphatic heterocycles. The molecule has 4 rings (SSSR count). The molecule has 0 aromatic heterocycles. The summed E-state index contributed by atoms with van der Waals surface area (Å²) < 4.78 is 5.56. The van der Waals surface area contributed by atoms with Gasteiger partial charge in [0.25, 0.3) is 0 Å². The third kappa shape index (κ3) is 3.89. The molecule has 3 fully saturated rings. The summed E-state index contributed by atoms with van der Waals surface area (Å²) in [4.78, 5) is 28.4. The van der Waals surface area contributed by atoms with Crippen LogP contribution in [-0.4, -0.2) is 35.9 Å². The molecule has 0 bridgehead atoms. The van der Waals surface area contributed by atoms with Crippen LogP contribution >= 0.6 is 0 Å². The van der Waals surface area contributed by atoms with Crippen molar-refractivity contribution in [1.29, 1.82) is 0 Å². The van der Waals surface area contributed by atoms with E-state index in [1.54, 1.807) is 14.0 Å². The van der Waals surface area contributed by atoms with Crippen molar-refractivity contribution in [2.24, 2.45) is 45.6 Å². The van der Waals surface area contributed by atoms with Crippen molar-refractivity contribution < 1.29 is 19.3 Å². The Labute approximate surface area is 197 Å². The first-order valence-electron chi connectivity index (χ1n) is 12.6. The number of nitro groups is 1. The molecule has 0 heterocycles. The highest BCUT2D eigenvalue weighted by Gasteiger charge is 2.63. The Morgan fingerprint density at radius 3 is 2.61 bits per heavy atom. The zero-order chi connectivity index (χ0) is 24.1. The fraction of sp³-hybridized carbons (Fsp3) is 0.846. The largest absolute Gasteiger partial charge is 0.462 e. The molecule has 33 heavy (non-hydrogen) atoms. The molecular formula is C26H40N2O5. The maximum absolute atomic E-state index is 11.8. The van der Waals surface area contributed by atoms with Crippen LogP contribution in [0.5, 0.6) is 0 Å². The molecule has 184 valence electrons. The van der Waals surface area contributed by atoms with Crippen molar-refractivity contribution >= 4 is 11.7 Å². The molecule has 0 N–H and O–H groups in total. The number of hydrogen-bond acceptors (Lipinski definition) is 6. The topological polar surface area (TPSA) is 91.0 Å². The molecule has 0 spiro atoms. The van der Waals surface area contributed by atoms with Crippen LogP contribution < -0.4 is 0 Å². The first-order valence-corrected chi connectivity index (χ1v) is 12.6. The highest BCUT2D eigenvalue weighted by atomic mass is 16.6. The number of fused-ring (bicyclic) bond motifs is 5. The molecule has 0 aromatic carbocycles. The van der Waals surface area contributed by atoms with E-state index in [-0.39, 0.29) is 39.7 Å². The van der Waals surface area contributed by atoms with E-state index in [0.29, 0.717) is 17.8 Å². The first kappa shape index (κ1) is 24.2. The molecule has 0 amide bonds. The summed E-state index contributed by atoms with van der Waals surface area (Å²) in [6.45, 7) is 10.0. The quantitative estimate of drug-likeness (QED) is 0.180. The fourth-order valence-electron chi connectivity index (χ4n) is 8.68. The van der Waals surface area contributed by atoms with Crippen LogP contribution in [0.4, 0.5) is 0 Å². The number of carbonyl (C=O) groups is 1. The van der Waals surface area contributed by atoms with Crippen molar-refractivity contribution in [1.82, 2.24) is 0 Å². The Balaban J connectivity index is 1.66. The van der Waals surface area contributed by atoms with E-state index in [1.165, 1.54) is 12.5 Å². The van der Waals surface area contributed by atoms with Gasteiger partial charge < -0.3 is 9.57 Å². The number of esters is 1. The number of allylic oxidation sites excluding steroid dienone is 1. The molecular weight excluding hydrogens is 420 g/mol. The van der Waals surface area contributed by atoms with E-state index in [9.17, 15) is 14.9 Å². The lowest BCUT2D eigenvalue weighted by atomic mass is 9.47. The summed E-state index contributed by atoms with van der Waals surface area (Å²) in [5, 5.41) is 16.1. The van der Waals surface area contributed by atoms with E-state index in [1.807, 2.05) is 6.92 Å². The molecule has 0 saturated heterocycles. The fourth-order valence-corrected chi connectivity index (χ4v) is 8.68. The molecule has 0 radical (unpaired) electrons. The SMILES string of the molecule is CO/N=C(\C)[C@H]1[C@H]([C@@H](C)[N+](=O)[O-])C[C@H]2[C@@H]3CC=C4C[C@H](OC(C)=O)CC[C@]4(C)[C@H]3CC[C@@]21C. The monoisotopic (exact) mass is 460 g/mol. The van der Waals surface area contributed by atoms with Gasteiger partial charge >= 0.3 is 5.97 Å². The maximum atomic E-state index is 11.8. The Hall–Kier alpha value is -1.92. The predicted octanol–water partition coefficient (Wildman–Crippen LogP) is 5.41. The Bertz CT molecular complexity index is 869. The van der Waals surface area contributed by atoms with Gasteiger partial charge in [-0.1, -0.05) is 30.7 Å². The lowest BCUT2D eigenvalue weighted by Crippen LogP contribution is -2.51. The van der Waals surface area contributed by atoms with E-state index in [2.05, 4.69) is 25.1 Å². The van der Waals surface area contributed by atoms with Gasteiger partial charge in [-0.15, -0.1) is 0 Å². The lowest BCUT2D eigenvalue weighted by molar-refractivity contribution is -0.528. The zero-order valence-corrected chi connectivity index (χ0v) is 21.0. The number of ether oxygens (including phenoxy) is 1. The summed E-state index contributed by atoms with van der Waals surface area (Å²) >= 11 is 0. The van der Waals surface area contributed by atoms with Gasteiger partial charge in [0.2, 0.25) is 6.04 Å². The molecule has 0 unspecified atom stereocenters. The van der Waals surface area contributed by atoms with Gasteiger partial charge in [-0.05, 0) is 74.0 Å². The number of carbonyl (C=O) groups excluding carboxylic acids is 1. The van der Waals surface area contributed by atoms with Crippen LogP contribution in [0.3, 0.4) is 0 Å². The van der Waals surface area contributed by atoms with Crippen molar-refractivity contribution in [3.63, 3.8) is 0 Å². The molecule has 7 nitrogen and oxygen atoms in total. The number of hydrogen-bond donors (Lipinski definition) is 0. The Morgan fingerprint density at radius 1 is 1.24 bits per heavy atom. The van der Waals surface area contributed by atoms with Crippen molar-refractivity contribution in [2.75, 3.05) is 7.11 Å².